The highest BCUT2D eigenvalue weighted by molar-refractivity contribution is 6.27. The summed E-state index contributed by atoms with van der Waals surface area (Å²) >= 11 is 5.99. The number of amides is 2. The van der Waals surface area contributed by atoms with Gasteiger partial charge in [0.1, 0.15) is 17.7 Å². The second-order valence-corrected chi connectivity index (χ2v) is 8.53. The number of rotatable bonds is 6. The fourth-order valence-corrected chi connectivity index (χ4v) is 4.52. The Labute approximate surface area is 191 Å². The van der Waals surface area contributed by atoms with Crippen molar-refractivity contribution < 1.29 is 14.0 Å². The summed E-state index contributed by atoms with van der Waals surface area (Å²) in [5.41, 5.74) is 3.45. The fourth-order valence-electron chi connectivity index (χ4n) is 4.38. The normalized spacial score (nSPS) is 18.1. The number of carbonyl (C=O) groups is 2. The zero-order valence-electron chi connectivity index (χ0n) is 18.1. The Bertz CT molecular complexity index is 1130. The SMILES string of the molecule is CN(C)CCNC(=O)C1Cc2c([nH]c3ccccc23)[C@H](c2ccc(F)cc2)N1C(=O)CCl. The van der Waals surface area contributed by atoms with Gasteiger partial charge in [0.15, 0.2) is 0 Å². The van der Waals surface area contributed by atoms with Crippen LogP contribution >= 0.6 is 11.6 Å². The molecule has 0 aliphatic carbocycles. The number of alkyl halides is 1. The maximum absolute atomic E-state index is 13.7. The van der Waals surface area contributed by atoms with Crippen molar-refractivity contribution in [3.05, 3.63) is 71.2 Å². The number of likely N-dealkylation sites (N-methyl/N-ethyl adjacent to an activating group) is 1. The first kappa shape index (κ1) is 22.3. The molecule has 0 radical (unpaired) electrons. The van der Waals surface area contributed by atoms with Gasteiger partial charge in [-0.05, 0) is 43.4 Å². The lowest BCUT2D eigenvalue weighted by atomic mass is 9.87. The number of benzene rings is 2. The lowest BCUT2D eigenvalue weighted by Gasteiger charge is -2.41. The van der Waals surface area contributed by atoms with Gasteiger partial charge in [0.2, 0.25) is 11.8 Å². The van der Waals surface area contributed by atoms with Gasteiger partial charge in [0.05, 0.1) is 6.04 Å². The Morgan fingerprint density at radius 1 is 1.19 bits per heavy atom. The molecule has 168 valence electrons. The van der Waals surface area contributed by atoms with E-state index in [-0.39, 0.29) is 23.5 Å². The molecule has 32 heavy (non-hydrogen) atoms. The maximum atomic E-state index is 13.7. The number of nitrogens with zero attached hydrogens (tertiary/aromatic N) is 2. The van der Waals surface area contributed by atoms with Gasteiger partial charge < -0.3 is 20.1 Å². The van der Waals surface area contributed by atoms with Crippen molar-refractivity contribution in [1.29, 1.82) is 0 Å². The van der Waals surface area contributed by atoms with Crippen LogP contribution < -0.4 is 5.32 Å². The topological polar surface area (TPSA) is 68.4 Å². The van der Waals surface area contributed by atoms with Gasteiger partial charge in [-0.3, -0.25) is 9.59 Å². The highest BCUT2D eigenvalue weighted by atomic mass is 35.5. The molecule has 0 saturated carbocycles. The summed E-state index contributed by atoms with van der Waals surface area (Å²) in [5, 5.41) is 3.97. The van der Waals surface area contributed by atoms with Crippen molar-refractivity contribution in [1.82, 2.24) is 20.1 Å². The van der Waals surface area contributed by atoms with Crippen molar-refractivity contribution in [2.75, 3.05) is 33.1 Å². The molecule has 2 atom stereocenters. The third kappa shape index (κ3) is 4.23. The average molecular weight is 457 g/mol. The molecule has 1 aliphatic rings. The van der Waals surface area contributed by atoms with E-state index >= 15 is 0 Å². The minimum Gasteiger partial charge on any atom is -0.356 e. The molecule has 2 heterocycles. The number of fused-ring (bicyclic) bond motifs is 3. The molecular formula is C24H26ClFN4O2. The van der Waals surface area contributed by atoms with E-state index in [9.17, 15) is 14.0 Å². The van der Waals surface area contributed by atoms with E-state index in [1.807, 2.05) is 43.3 Å². The molecule has 0 fully saturated rings. The van der Waals surface area contributed by atoms with E-state index in [4.69, 9.17) is 11.6 Å². The molecule has 3 aromatic rings. The highest BCUT2D eigenvalue weighted by Gasteiger charge is 2.43. The number of carbonyl (C=O) groups excluding carboxylic acids is 2. The largest absolute Gasteiger partial charge is 0.356 e. The van der Waals surface area contributed by atoms with Crippen LogP contribution in [0.15, 0.2) is 48.5 Å². The molecule has 4 rings (SSSR count). The maximum Gasteiger partial charge on any atom is 0.243 e. The quantitative estimate of drug-likeness (QED) is 0.560. The number of nitrogens with one attached hydrogen (secondary N) is 2. The molecule has 1 aliphatic heterocycles. The van der Waals surface area contributed by atoms with Gasteiger partial charge in [0, 0.05) is 36.1 Å². The zero-order valence-corrected chi connectivity index (χ0v) is 18.8. The van der Waals surface area contributed by atoms with Gasteiger partial charge in [-0.1, -0.05) is 30.3 Å². The Kier molecular flexibility index (Phi) is 6.48. The van der Waals surface area contributed by atoms with E-state index < -0.39 is 12.1 Å². The first-order valence-corrected chi connectivity index (χ1v) is 11.1. The number of hydrogen-bond acceptors (Lipinski definition) is 3. The minimum atomic E-state index is -0.731. The van der Waals surface area contributed by atoms with Crippen molar-refractivity contribution in [2.24, 2.45) is 0 Å². The number of aromatic amines is 1. The second kappa shape index (κ2) is 9.30. The molecule has 8 heteroatoms. The molecular weight excluding hydrogens is 431 g/mol. The molecule has 6 nitrogen and oxygen atoms in total. The molecule has 0 saturated heterocycles. The summed E-state index contributed by atoms with van der Waals surface area (Å²) in [6, 6.07) is 12.6. The van der Waals surface area contributed by atoms with Crippen molar-refractivity contribution in [3.8, 4) is 0 Å². The fraction of sp³-hybridized carbons (Fsp3) is 0.333. The monoisotopic (exact) mass is 456 g/mol. The Balaban J connectivity index is 1.83. The van der Waals surface area contributed by atoms with Crippen LogP contribution in [0.4, 0.5) is 4.39 Å². The molecule has 1 unspecified atom stereocenters. The van der Waals surface area contributed by atoms with E-state index in [0.717, 1.165) is 22.2 Å². The van der Waals surface area contributed by atoms with Gasteiger partial charge in [-0.25, -0.2) is 4.39 Å². The van der Waals surface area contributed by atoms with Crippen LogP contribution in [0.25, 0.3) is 10.9 Å². The van der Waals surface area contributed by atoms with E-state index in [2.05, 4.69) is 10.3 Å². The van der Waals surface area contributed by atoms with Crippen LogP contribution in [0.5, 0.6) is 0 Å². The minimum absolute atomic E-state index is 0.228. The third-order valence-corrected chi connectivity index (χ3v) is 6.11. The summed E-state index contributed by atoms with van der Waals surface area (Å²) in [6.45, 7) is 1.15. The van der Waals surface area contributed by atoms with Gasteiger partial charge in [-0.15, -0.1) is 11.6 Å². The van der Waals surface area contributed by atoms with Gasteiger partial charge >= 0.3 is 0 Å². The molecule has 1 aromatic heterocycles. The first-order valence-electron chi connectivity index (χ1n) is 10.5. The Morgan fingerprint density at radius 3 is 2.59 bits per heavy atom. The number of aromatic nitrogens is 1. The smallest absolute Gasteiger partial charge is 0.243 e. The third-order valence-electron chi connectivity index (χ3n) is 5.88. The molecule has 2 aromatic carbocycles. The second-order valence-electron chi connectivity index (χ2n) is 8.27. The summed E-state index contributed by atoms with van der Waals surface area (Å²) in [6.07, 6.45) is 0.369. The zero-order chi connectivity index (χ0) is 22.8. The predicted octanol–water partition coefficient (Wildman–Crippen LogP) is 3.07. The number of hydrogen-bond donors (Lipinski definition) is 2. The highest BCUT2D eigenvalue weighted by Crippen LogP contribution is 2.41. The standard InChI is InChI=1S/C24H26ClFN4O2/c1-29(2)12-11-27-24(32)20-13-18-17-5-3-4-6-19(17)28-22(18)23(30(20)21(31)14-25)15-7-9-16(26)10-8-15/h3-10,20,23,28H,11-14H2,1-2H3,(H,27,32)/t20?,23-/m0/s1. The van der Waals surface area contributed by atoms with Crippen LogP contribution in [0.2, 0.25) is 0 Å². The van der Waals surface area contributed by atoms with Crippen molar-refractivity contribution in [3.63, 3.8) is 0 Å². The van der Waals surface area contributed by atoms with Gasteiger partial charge in [-0.2, -0.15) is 0 Å². The van der Waals surface area contributed by atoms with Crippen LogP contribution in [-0.2, 0) is 16.0 Å². The Hall–Kier alpha value is -2.90. The number of H-pyrrole nitrogens is 1. The van der Waals surface area contributed by atoms with E-state index in [0.29, 0.717) is 25.1 Å². The average Bonchev–Trinajstić information content (AvgIpc) is 3.16. The van der Waals surface area contributed by atoms with Crippen LogP contribution in [0.1, 0.15) is 22.9 Å². The van der Waals surface area contributed by atoms with Crippen LogP contribution in [0, 0.1) is 5.82 Å². The lowest BCUT2D eigenvalue weighted by molar-refractivity contribution is -0.141. The summed E-state index contributed by atoms with van der Waals surface area (Å²) in [5.74, 6) is -1.20. The summed E-state index contributed by atoms with van der Waals surface area (Å²) in [7, 11) is 3.86. The summed E-state index contributed by atoms with van der Waals surface area (Å²) in [4.78, 5) is 33.3. The number of halogens is 2. The van der Waals surface area contributed by atoms with Gasteiger partial charge in [0.25, 0.3) is 0 Å². The lowest BCUT2D eigenvalue weighted by Crippen LogP contribution is -2.55. The molecule has 2 N–H and O–H groups in total. The van der Waals surface area contributed by atoms with E-state index in [1.54, 1.807) is 17.0 Å². The van der Waals surface area contributed by atoms with Crippen LogP contribution in [-0.4, -0.2) is 65.7 Å². The van der Waals surface area contributed by atoms with Crippen LogP contribution in [0.3, 0.4) is 0 Å². The summed E-state index contributed by atoms with van der Waals surface area (Å²) < 4.78 is 13.7. The predicted molar refractivity (Wildman–Crippen MR) is 123 cm³/mol. The first-order chi connectivity index (χ1) is 15.4. The Morgan fingerprint density at radius 2 is 1.91 bits per heavy atom. The van der Waals surface area contributed by atoms with E-state index in [1.165, 1.54) is 12.1 Å². The van der Waals surface area contributed by atoms with Crippen molar-refractivity contribution in [2.45, 2.75) is 18.5 Å². The number of para-hydroxylation sites is 1. The van der Waals surface area contributed by atoms with Crippen molar-refractivity contribution >= 4 is 34.3 Å². The molecule has 0 bridgehead atoms. The molecule has 0 spiro atoms. The molecule has 2 amide bonds.